The smallest absolute Gasteiger partial charge is 0.221 e. The second-order valence-corrected chi connectivity index (χ2v) is 10.0. The van der Waals surface area contributed by atoms with Crippen molar-refractivity contribution in [2.75, 3.05) is 10.6 Å². The third kappa shape index (κ3) is 5.04. The van der Waals surface area contributed by atoms with Gasteiger partial charge in [0.2, 0.25) is 5.91 Å². The number of benzene rings is 1. The van der Waals surface area contributed by atoms with E-state index < -0.39 is 0 Å². The summed E-state index contributed by atoms with van der Waals surface area (Å²) in [5, 5.41) is 16.5. The molecule has 0 fully saturated rings. The summed E-state index contributed by atoms with van der Waals surface area (Å²) in [6.07, 6.45) is 3.33. The van der Waals surface area contributed by atoms with Crippen molar-refractivity contribution >= 4 is 29.0 Å². The normalized spacial score (nSPS) is 14.9. The van der Waals surface area contributed by atoms with Crippen LogP contribution in [0.2, 0.25) is 5.02 Å². The number of nitrogens with zero attached hydrogens (tertiary/aromatic N) is 3. The van der Waals surface area contributed by atoms with E-state index in [0.29, 0.717) is 10.7 Å². The molecule has 3 heterocycles. The first-order valence-electron chi connectivity index (χ1n) is 11.1. The lowest BCUT2D eigenvalue weighted by Gasteiger charge is -2.17. The first-order chi connectivity index (χ1) is 15.6. The summed E-state index contributed by atoms with van der Waals surface area (Å²) in [5.41, 5.74) is 5.72. The Balaban J connectivity index is 1.56. The Bertz CT molecular complexity index is 1250. The molecule has 4 rings (SSSR count). The van der Waals surface area contributed by atoms with Gasteiger partial charge in [0.05, 0.1) is 5.02 Å². The van der Waals surface area contributed by atoms with Crippen LogP contribution in [0.5, 0.6) is 0 Å². The summed E-state index contributed by atoms with van der Waals surface area (Å²) in [4.78, 5) is 15.8. The molecule has 0 saturated heterocycles. The molecule has 0 bridgehead atoms. The van der Waals surface area contributed by atoms with Crippen molar-refractivity contribution in [1.82, 2.24) is 9.55 Å². The number of carbonyl (C=O) groups excluding carboxylic acids is 1. The van der Waals surface area contributed by atoms with Crippen LogP contribution < -0.4 is 10.6 Å². The number of nitriles is 1. The number of nitrogens with one attached hydrogen (secondary N) is 2. The molecule has 3 aromatic rings. The highest BCUT2D eigenvalue weighted by Crippen LogP contribution is 2.42. The lowest BCUT2D eigenvalue weighted by Crippen LogP contribution is -2.19. The summed E-state index contributed by atoms with van der Waals surface area (Å²) in [6, 6.07) is 14.2. The van der Waals surface area contributed by atoms with E-state index in [1.165, 1.54) is 6.92 Å². The molecule has 0 radical (unpaired) electrons. The van der Waals surface area contributed by atoms with E-state index in [-0.39, 0.29) is 17.4 Å². The minimum atomic E-state index is -0.0867. The first kappa shape index (κ1) is 22.9. The van der Waals surface area contributed by atoms with Crippen molar-refractivity contribution in [3.63, 3.8) is 0 Å². The molecule has 2 N–H and O–H groups in total. The number of carbonyl (C=O) groups is 1. The lowest BCUT2D eigenvalue weighted by molar-refractivity contribution is -0.114. The maximum Gasteiger partial charge on any atom is 0.221 e. The maximum atomic E-state index is 11.3. The number of halogens is 1. The number of hydrogen-bond donors (Lipinski definition) is 2. The summed E-state index contributed by atoms with van der Waals surface area (Å²) in [6.45, 7) is 8.85. The predicted molar refractivity (Wildman–Crippen MR) is 132 cm³/mol. The zero-order valence-corrected chi connectivity index (χ0v) is 20.1. The Hall–Kier alpha value is -3.30. The second-order valence-electron chi connectivity index (χ2n) is 9.61. The lowest BCUT2D eigenvalue weighted by atomic mass is 9.89. The fourth-order valence-corrected chi connectivity index (χ4v) is 4.79. The maximum absolute atomic E-state index is 11.3. The largest absolute Gasteiger partial charge is 0.367 e. The quantitative estimate of drug-likeness (QED) is 0.496. The summed E-state index contributed by atoms with van der Waals surface area (Å²) >= 11 is 6.56. The van der Waals surface area contributed by atoms with E-state index in [2.05, 4.69) is 47.0 Å². The average Bonchev–Trinajstić information content (AvgIpc) is 3.22. The monoisotopic (exact) mass is 461 g/mol. The molecule has 0 spiro atoms. The van der Waals surface area contributed by atoms with Crippen molar-refractivity contribution in [2.45, 2.75) is 53.1 Å². The average molecular weight is 462 g/mol. The SMILES string of the molecule is CC(=O)Nc1cccc(CC(C)Nc2cc(-c3cc(C#N)n4c3CC(C)(C)C4)c(Cl)cn2)c1. The Morgan fingerprint density at radius 3 is 2.82 bits per heavy atom. The van der Waals surface area contributed by atoms with Crippen LogP contribution in [-0.4, -0.2) is 21.5 Å². The van der Waals surface area contributed by atoms with E-state index in [0.717, 1.165) is 53.3 Å². The van der Waals surface area contributed by atoms with Crippen LogP contribution in [0.15, 0.2) is 42.6 Å². The number of anilines is 2. The second kappa shape index (κ2) is 8.92. The molecule has 1 aliphatic rings. The van der Waals surface area contributed by atoms with Gasteiger partial charge in [0.25, 0.3) is 0 Å². The van der Waals surface area contributed by atoms with Crippen LogP contribution in [0.3, 0.4) is 0 Å². The van der Waals surface area contributed by atoms with E-state index in [4.69, 9.17) is 11.6 Å². The highest BCUT2D eigenvalue weighted by molar-refractivity contribution is 6.33. The minimum absolute atomic E-state index is 0.0867. The first-order valence-corrected chi connectivity index (χ1v) is 11.4. The molecule has 0 saturated carbocycles. The van der Waals surface area contributed by atoms with Crippen molar-refractivity contribution in [3.8, 4) is 17.2 Å². The van der Waals surface area contributed by atoms with E-state index >= 15 is 0 Å². The van der Waals surface area contributed by atoms with E-state index in [9.17, 15) is 10.1 Å². The molecule has 1 aromatic carbocycles. The van der Waals surface area contributed by atoms with Gasteiger partial charge in [-0.2, -0.15) is 5.26 Å². The van der Waals surface area contributed by atoms with E-state index in [1.807, 2.05) is 36.4 Å². The predicted octanol–water partition coefficient (Wildman–Crippen LogP) is 5.66. The highest BCUT2D eigenvalue weighted by Gasteiger charge is 2.33. The molecule has 170 valence electrons. The van der Waals surface area contributed by atoms with Gasteiger partial charge in [0.15, 0.2) is 0 Å². The Labute approximate surface area is 199 Å². The summed E-state index contributed by atoms with van der Waals surface area (Å²) < 4.78 is 2.11. The summed E-state index contributed by atoms with van der Waals surface area (Å²) in [7, 11) is 0. The molecule has 6 nitrogen and oxygen atoms in total. The van der Waals surface area contributed by atoms with Gasteiger partial charge in [0.1, 0.15) is 17.6 Å². The molecule has 33 heavy (non-hydrogen) atoms. The molecule has 7 heteroatoms. The zero-order chi connectivity index (χ0) is 23.8. The van der Waals surface area contributed by atoms with Gasteiger partial charge in [-0.15, -0.1) is 0 Å². The van der Waals surface area contributed by atoms with Gasteiger partial charge < -0.3 is 15.2 Å². The number of rotatable bonds is 6. The number of aromatic nitrogens is 2. The van der Waals surface area contributed by atoms with Crippen molar-refractivity contribution < 1.29 is 4.79 Å². The van der Waals surface area contributed by atoms with Crippen molar-refractivity contribution in [3.05, 3.63) is 64.6 Å². The molecular formula is C26H28ClN5O. The van der Waals surface area contributed by atoms with Crippen molar-refractivity contribution in [2.24, 2.45) is 5.41 Å². The standard InChI is InChI=1S/C26H28ClN5O/c1-16(8-18-6-5-7-19(9-18)31-17(2)33)30-25-11-21(23(27)14-29-25)22-10-20(13-28)32-15-26(3,4)12-24(22)32/h5-7,9-11,14,16H,8,12,15H2,1-4H3,(H,29,30)(H,31,33). The van der Waals surface area contributed by atoms with Gasteiger partial charge in [-0.1, -0.05) is 37.6 Å². The number of hydrogen-bond acceptors (Lipinski definition) is 4. The molecule has 2 aromatic heterocycles. The number of amides is 1. The van der Waals surface area contributed by atoms with Gasteiger partial charge in [-0.3, -0.25) is 4.79 Å². The third-order valence-corrected chi connectivity index (χ3v) is 6.19. The van der Waals surface area contributed by atoms with Gasteiger partial charge >= 0.3 is 0 Å². The van der Waals surface area contributed by atoms with Gasteiger partial charge in [0, 0.05) is 48.2 Å². The topological polar surface area (TPSA) is 82.7 Å². The fraction of sp³-hybridized carbons (Fsp3) is 0.346. The number of fused-ring (bicyclic) bond motifs is 1. The highest BCUT2D eigenvalue weighted by atomic mass is 35.5. The third-order valence-electron chi connectivity index (χ3n) is 5.88. The molecular weight excluding hydrogens is 434 g/mol. The van der Waals surface area contributed by atoms with Crippen LogP contribution in [0.25, 0.3) is 11.1 Å². The van der Waals surface area contributed by atoms with Gasteiger partial charge in [-0.25, -0.2) is 4.98 Å². The molecule has 1 aliphatic heterocycles. The van der Waals surface area contributed by atoms with Crippen LogP contribution in [0.1, 0.15) is 44.6 Å². The minimum Gasteiger partial charge on any atom is -0.367 e. The van der Waals surface area contributed by atoms with Crippen LogP contribution in [0.4, 0.5) is 11.5 Å². The van der Waals surface area contributed by atoms with Crippen LogP contribution >= 0.6 is 11.6 Å². The summed E-state index contributed by atoms with van der Waals surface area (Å²) in [5.74, 6) is 0.645. The van der Waals surface area contributed by atoms with Crippen LogP contribution in [-0.2, 0) is 24.2 Å². The van der Waals surface area contributed by atoms with E-state index in [1.54, 1.807) is 6.20 Å². The fourth-order valence-electron chi connectivity index (χ4n) is 4.58. The number of pyridine rings is 1. The Morgan fingerprint density at radius 2 is 2.09 bits per heavy atom. The van der Waals surface area contributed by atoms with Crippen molar-refractivity contribution in [1.29, 1.82) is 5.26 Å². The zero-order valence-electron chi connectivity index (χ0n) is 19.4. The molecule has 1 atom stereocenters. The Morgan fingerprint density at radius 1 is 1.30 bits per heavy atom. The molecule has 1 amide bonds. The van der Waals surface area contributed by atoms with Crippen LogP contribution in [0, 0.1) is 16.7 Å². The molecule has 0 aliphatic carbocycles. The Kier molecular flexibility index (Phi) is 6.18. The molecule has 1 unspecified atom stereocenters. The van der Waals surface area contributed by atoms with Gasteiger partial charge in [-0.05, 0) is 55.0 Å².